The molecule has 0 radical (unpaired) electrons. The van der Waals surface area contributed by atoms with E-state index in [4.69, 9.17) is 0 Å². The predicted octanol–water partition coefficient (Wildman–Crippen LogP) is 3.24. The van der Waals surface area contributed by atoms with E-state index in [1.165, 1.54) is 6.08 Å². The van der Waals surface area contributed by atoms with Crippen molar-refractivity contribution in [2.45, 2.75) is 33.1 Å². The van der Waals surface area contributed by atoms with Crippen LogP contribution in [0.3, 0.4) is 0 Å². The predicted molar refractivity (Wildman–Crippen MR) is 39.2 cm³/mol. The van der Waals surface area contributed by atoms with E-state index in [-0.39, 0.29) is 6.42 Å². The van der Waals surface area contributed by atoms with Crippen LogP contribution in [0.1, 0.15) is 27.2 Å². The summed E-state index contributed by atoms with van der Waals surface area (Å²) in [5.41, 5.74) is 0. The molecule has 0 nitrogen and oxygen atoms in total. The Kier molecular flexibility index (Phi) is 3.54. The third-order valence-corrected chi connectivity index (χ3v) is 0.997. The number of rotatable bonds is 3. The highest BCUT2D eigenvalue weighted by Crippen LogP contribution is 2.17. The van der Waals surface area contributed by atoms with Crippen LogP contribution in [0.4, 0.5) is 8.78 Å². The average molecular weight is 148 g/mol. The zero-order valence-electron chi connectivity index (χ0n) is 6.70. The van der Waals surface area contributed by atoms with Crippen molar-refractivity contribution in [1.29, 1.82) is 0 Å². The molecule has 0 bridgehead atoms. The first-order chi connectivity index (χ1) is 4.42. The summed E-state index contributed by atoms with van der Waals surface area (Å²) in [4.78, 5) is 0. The van der Waals surface area contributed by atoms with Gasteiger partial charge in [-0.05, 0) is 12.8 Å². The lowest BCUT2D eigenvalue weighted by Gasteiger charge is -2.05. The topological polar surface area (TPSA) is 0 Å². The Bertz CT molecular complexity index is 109. The average Bonchev–Trinajstić information content (AvgIpc) is 1.59. The molecular weight excluding hydrogens is 134 g/mol. The molecule has 0 aromatic carbocycles. The van der Waals surface area contributed by atoms with E-state index in [0.29, 0.717) is 5.92 Å². The van der Waals surface area contributed by atoms with Crippen molar-refractivity contribution in [2.75, 3.05) is 0 Å². The standard InChI is InChI=1S/C8H14F2/c1-7(2)5-4-6-8(3,9)10/h4-5,7H,6H2,1-3H3/b5-4-. The number of hydrogen-bond acceptors (Lipinski definition) is 0. The van der Waals surface area contributed by atoms with Gasteiger partial charge in [0, 0.05) is 6.42 Å². The summed E-state index contributed by atoms with van der Waals surface area (Å²) < 4.78 is 24.2. The van der Waals surface area contributed by atoms with Crippen molar-refractivity contribution >= 4 is 0 Å². The van der Waals surface area contributed by atoms with Crippen LogP contribution in [0, 0.1) is 5.92 Å². The van der Waals surface area contributed by atoms with E-state index in [0.717, 1.165) is 6.92 Å². The maximum atomic E-state index is 12.1. The number of halogens is 2. The quantitative estimate of drug-likeness (QED) is 0.539. The third kappa shape index (κ3) is 7.60. The lowest BCUT2D eigenvalue weighted by Crippen LogP contribution is -2.06. The molecule has 0 aromatic heterocycles. The van der Waals surface area contributed by atoms with Crippen molar-refractivity contribution in [1.82, 2.24) is 0 Å². The molecule has 0 spiro atoms. The molecule has 0 aliphatic carbocycles. The van der Waals surface area contributed by atoms with Crippen LogP contribution in [-0.2, 0) is 0 Å². The van der Waals surface area contributed by atoms with Gasteiger partial charge < -0.3 is 0 Å². The van der Waals surface area contributed by atoms with Gasteiger partial charge in [-0.25, -0.2) is 8.78 Å². The van der Waals surface area contributed by atoms with Crippen LogP contribution < -0.4 is 0 Å². The van der Waals surface area contributed by atoms with Gasteiger partial charge in [-0.2, -0.15) is 0 Å². The van der Waals surface area contributed by atoms with Crippen molar-refractivity contribution in [3.63, 3.8) is 0 Å². The Labute approximate surface area is 60.9 Å². The Morgan fingerprint density at radius 3 is 2.20 bits per heavy atom. The van der Waals surface area contributed by atoms with E-state index in [1.54, 1.807) is 6.08 Å². The molecule has 0 amide bonds. The first-order valence-electron chi connectivity index (χ1n) is 3.46. The fourth-order valence-electron chi connectivity index (χ4n) is 0.547. The second-order valence-electron chi connectivity index (χ2n) is 2.95. The van der Waals surface area contributed by atoms with Crippen molar-refractivity contribution in [3.05, 3.63) is 12.2 Å². The molecule has 0 saturated heterocycles. The fraction of sp³-hybridized carbons (Fsp3) is 0.750. The molecule has 0 fully saturated rings. The molecule has 2 heteroatoms. The molecule has 0 N–H and O–H groups in total. The van der Waals surface area contributed by atoms with Crippen LogP contribution in [0.5, 0.6) is 0 Å². The van der Waals surface area contributed by atoms with E-state index in [2.05, 4.69) is 0 Å². The Morgan fingerprint density at radius 1 is 1.40 bits per heavy atom. The van der Waals surface area contributed by atoms with E-state index < -0.39 is 5.92 Å². The first kappa shape index (κ1) is 9.60. The molecule has 0 aromatic rings. The van der Waals surface area contributed by atoms with Gasteiger partial charge in [0.15, 0.2) is 0 Å². The van der Waals surface area contributed by atoms with Crippen molar-refractivity contribution < 1.29 is 8.78 Å². The number of allylic oxidation sites excluding steroid dienone is 2. The fourth-order valence-corrected chi connectivity index (χ4v) is 0.547. The monoisotopic (exact) mass is 148 g/mol. The van der Waals surface area contributed by atoms with Gasteiger partial charge in [-0.15, -0.1) is 0 Å². The zero-order valence-corrected chi connectivity index (χ0v) is 6.70. The number of hydrogen-bond donors (Lipinski definition) is 0. The van der Waals surface area contributed by atoms with Gasteiger partial charge in [-0.3, -0.25) is 0 Å². The molecule has 0 unspecified atom stereocenters. The van der Waals surface area contributed by atoms with Gasteiger partial charge in [-0.1, -0.05) is 26.0 Å². The second kappa shape index (κ2) is 3.69. The lowest BCUT2D eigenvalue weighted by molar-refractivity contribution is 0.0254. The number of alkyl halides is 2. The lowest BCUT2D eigenvalue weighted by atomic mass is 10.1. The van der Waals surface area contributed by atoms with Crippen LogP contribution in [0.15, 0.2) is 12.2 Å². The molecule has 60 valence electrons. The summed E-state index contributed by atoms with van der Waals surface area (Å²) >= 11 is 0. The zero-order chi connectivity index (χ0) is 8.20. The van der Waals surface area contributed by atoms with E-state index in [1.807, 2.05) is 13.8 Å². The maximum absolute atomic E-state index is 12.1. The summed E-state index contributed by atoms with van der Waals surface area (Å²) in [7, 11) is 0. The minimum Gasteiger partial charge on any atom is -0.207 e. The van der Waals surface area contributed by atoms with Gasteiger partial charge >= 0.3 is 0 Å². The Hall–Kier alpha value is -0.400. The van der Waals surface area contributed by atoms with E-state index >= 15 is 0 Å². The summed E-state index contributed by atoms with van der Waals surface area (Å²) in [6.07, 6.45) is 3.17. The largest absolute Gasteiger partial charge is 0.248 e. The van der Waals surface area contributed by atoms with Gasteiger partial charge in [0.2, 0.25) is 5.92 Å². The van der Waals surface area contributed by atoms with E-state index in [9.17, 15) is 8.78 Å². The van der Waals surface area contributed by atoms with Gasteiger partial charge in [0.1, 0.15) is 0 Å². The summed E-state index contributed by atoms with van der Waals surface area (Å²) in [6.45, 7) is 4.85. The Morgan fingerprint density at radius 2 is 1.90 bits per heavy atom. The highest BCUT2D eigenvalue weighted by Gasteiger charge is 2.17. The normalized spacial score (nSPS) is 13.4. The molecule has 0 heterocycles. The van der Waals surface area contributed by atoms with Crippen LogP contribution in [0.25, 0.3) is 0 Å². The molecule has 0 aliphatic heterocycles. The Balaban J connectivity index is 3.54. The summed E-state index contributed by atoms with van der Waals surface area (Å²) in [6, 6.07) is 0. The highest BCUT2D eigenvalue weighted by atomic mass is 19.3. The highest BCUT2D eigenvalue weighted by molar-refractivity contribution is 4.87. The van der Waals surface area contributed by atoms with Crippen LogP contribution in [-0.4, -0.2) is 5.92 Å². The molecule has 0 atom stereocenters. The summed E-state index contributed by atoms with van der Waals surface area (Å²) in [5, 5.41) is 0. The molecule has 10 heavy (non-hydrogen) atoms. The smallest absolute Gasteiger partial charge is 0.207 e. The SMILES string of the molecule is CC(C)/C=C\CC(C)(F)F. The minimum absolute atomic E-state index is 0.148. The summed E-state index contributed by atoms with van der Waals surface area (Å²) in [5.74, 6) is -2.19. The third-order valence-electron chi connectivity index (χ3n) is 0.997. The second-order valence-corrected chi connectivity index (χ2v) is 2.95. The van der Waals surface area contributed by atoms with Crippen LogP contribution in [0.2, 0.25) is 0 Å². The maximum Gasteiger partial charge on any atom is 0.248 e. The molecule has 0 aliphatic rings. The molecular formula is C8H14F2. The molecule has 0 saturated carbocycles. The van der Waals surface area contributed by atoms with Crippen molar-refractivity contribution in [3.8, 4) is 0 Å². The minimum atomic E-state index is -2.55. The molecule has 0 rings (SSSR count). The first-order valence-corrected chi connectivity index (χ1v) is 3.46. The van der Waals surface area contributed by atoms with Gasteiger partial charge in [0.05, 0.1) is 0 Å². The van der Waals surface area contributed by atoms with Crippen molar-refractivity contribution in [2.24, 2.45) is 5.92 Å². The van der Waals surface area contributed by atoms with Crippen LogP contribution >= 0.6 is 0 Å². The van der Waals surface area contributed by atoms with Gasteiger partial charge in [0.25, 0.3) is 0 Å².